The van der Waals surface area contributed by atoms with Crippen LogP contribution in [0.25, 0.3) is 0 Å². The van der Waals surface area contributed by atoms with Crippen LogP contribution in [0, 0.1) is 0 Å². The van der Waals surface area contributed by atoms with E-state index in [-0.39, 0.29) is 0 Å². The van der Waals surface area contributed by atoms with E-state index in [1.54, 1.807) is 0 Å². The number of carbonyl (C=O) groups excluding carboxylic acids is 1. The molecule has 0 radical (unpaired) electrons. The average molecular weight is 182 g/mol. The summed E-state index contributed by atoms with van der Waals surface area (Å²) >= 11 is 0. The first-order chi connectivity index (χ1) is 6.25. The molecule has 1 unspecified atom stereocenters. The zero-order chi connectivity index (χ0) is 9.26. The van der Waals surface area contributed by atoms with Gasteiger partial charge in [-0.25, -0.2) is 0 Å². The van der Waals surface area contributed by atoms with Crippen molar-refractivity contribution in [3.8, 4) is 0 Å². The van der Waals surface area contributed by atoms with Crippen LogP contribution in [0.1, 0.15) is 19.3 Å². The number of hydrogen-bond acceptors (Lipinski definition) is 3. The lowest BCUT2D eigenvalue weighted by atomic mass is 10.1. The molecule has 74 valence electrons. The molecule has 2 fully saturated rings. The van der Waals surface area contributed by atoms with Gasteiger partial charge in [0.15, 0.2) is 0 Å². The molecule has 2 aliphatic heterocycles. The number of carbonyl (C=O) groups is 1. The van der Waals surface area contributed by atoms with Gasteiger partial charge in [-0.2, -0.15) is 0 Å². The molecule has 13 heavy (non-hydrogen) atoms. The van der Waals surface area contributed by atoms with Gasteiger partial charge in [0.2, 0.25) is 0 Å². The highest BCUT2D eigenvalue weighted by Crippen LogP contribution is 2.17. The summed E-state index contributed by atoms with van der Waals surface area (Å²) in [4.78, 5) is 15.9. The van der Waals surface area contributed by atoms with Crippen molar-refractivity contribution in [2.75, 3.05) is 33.2 Å². The number of piperidine rings is 1. The van der Waals surface area contributed by atoms with Gasteiger partial charge < -0.3 is 4.90 Å². The monoisotopic (exact) mass is 182 g/mol. The van der Waals surface area contributed by atoms with E-state index in [0.29, 0.717) is 5.78 Å². The third-order valence-electron chi connectivity index (χ3n) is 3.24. The van der Waals surface area contributed by atoms with Crippen LogP contribution in [-0.4, -0.2) is 54.9 Å². The smallest absolute Gasteiger partial charge is 0.135 e. The molecule has 0 N–H and O–H groups in total. The van der Waals surface area contributed by atoms with E-state index in [4.69, 9.17) is 0 Å². The fourth-order valence-electron chi connectivity index (χ4n) is 2.35. The fraction of sp³-hybridized carbons (Fsp3) is 0.900. The van der Waals surface area contributed by atoms with Crippen molar-refractivity contribution in [1.29, 1.82) is 0 Å². The van der Waals surface area contributed by atoms with Gasteiger partial charge in [-0.05, 0) is 20.0 Å². The van der Waals surface area contributed by atoms with Gasteiger partial charge in [0.1, 0.15) is 5.78 Å². The second kappa shape index (κ2) is 3.76. The lowest BCUT2D eigenvalue weighted by Gasteiger charge is -2.31. The van der Waals surface area contributed by atoms with E-state index in [9.17, 15) is 4.79 Å². The minimum atomic E-state index is 0.447. The summed E-state index contributed by atoms with van der Waals surface area (Å²) in [6.07, 6.45) is 2.84. The van der Waals surface area contributed by atoms with Gasteiger partial charge in [0, 0.05) is 38.5 Å². The van der Waals surface area contributed by atoms with Gasteiger partial charge in [0.25, 0.3) is 0 Å². The largest absolute Gasteiger partial charge is 0.305 e. The molecule has 0 aromatic rings. The van der Waals surface area contributed by atoms with E-state index >= 15 is 0 Å². The molecule has 0 aromatic carbocycles. The zero-order valence-corrected chi connectivity index (χ0v) is 8.33. The van der Waals surface area contributed by atoms with Crippen molar-refractivity contribution in [2.24, 2.45) is 0 Å². The Kier molecular flexibility index (Phi) is 2.65. The molecular formula is C10H18N2O. The number of ketones is 1. The van der Waals surface area contributed by atoms with Gasteiger partial charge in [-0.15, -0.1) is 0 Å². The predicted octanol–water partition coefficient (Wildman–Crippen LogP) is 0.355. The minimum Gasteiger partial charge on any atom is -0.305 e. The van der Waals surface area contributed by atoms with Crippen molar-refractivity contribution >= 4 is 5.78 Å². The molecule has 0 aliphatic carbocycles. The lowest BCUT2D eigenvalue weighted by molar-refractivity contribution is -0.121. The van der Waals surface area contributed by atoms with Crippen LogP contribution in [0.4, 0.5) is 0 Å². The van der Waals surface area contributed by atoms with Crippen molar-refractivity contribution in [1.82, 2.24) is 9.80 Å². The molecule has 0 spiro atoms. The maximum absolute atomic E-state index is 11.1. The van der Waals surface area contributed by atoms with E-state index in [1.807, 2.05) is 0 Å². The number of rotatable bonds is 1. The number of nitrogens with zero attached hydrogens (tertiary/aromatic N) is 2. The normalized spacial score (nSPS) is 32.7. The SMILES string of the molecule is CN1CCC(N2CCC(=O)CC2)C1. The summed E-state index contributed by atoms with van der Waals surface area (Å²) in [7, 11) is 2.18. The molecular weight excluding hydrogens is 164 g/mol. The van der Waals surface area contributed by atoms with Crippen molar-refractivity contribution in [3.63, 3.8) is 0 Å². The van der Waals surface area contributed by atoms with E-state index in [1.165, 1.54) is 19.5 Å². The van der Waals surface area contributed by atoms with Crippen LogP contribution in [0.2, 0.25) is 0 Å². The first-order valence-corrected chi connectivity index (χ1v) is 5.20. The molecule has 3 nitrogen and oxygen atoms in total. The molecule has 2 rings (SSSR count). The molecule has 2 heterocycles. The quantitative estimate of drug-likeness (QED) is 0.585. The van der Waals surface area contributed by atoms with E-state index in [2.05, 4.69) is 16.8 Å². The fourth-order valence-corrected chi connectivity index (χ4v) is 2.35. The predicted molar refractivity (Wildman–Crippen MR) is 51.7 cm³/mol. The zero-order valence-electron chi connectivity index (χ0n) is 8.33. The summed E-state index contributed by atoms with van der Waals surface area (Å²) in [5.41, 5.74) is 0. The Morgan fingerprint density at radius 1 is 1.23 bits per heavy atom. The number of likely N-dealkylation sites (tertiary alicyclic amines) is 2. The summed E-state index contributed by atoms with van der Waals surface area (Å²) in [6.45, 7) is 4.40. The summed E-state index contributed by atoms with van der Waals surface area (Å²) in [6, 6.07) is 0.720. The highest BCUT2D eigenvalue weighted by Gasteiger charge is 2.27. The molecule has 0 amide bonds. The van der Waals surface area contributed by atoms with Gasteiger partial charge >= 0.3 is 0 Å². The van der Waals surface area contributed by atoms with Crippen LogP contribution >= 0.6 is 0 Å². The van der Waals surface area contributed by atoms with Gasteiger partial charge in [0.05, 0.1) is 0 Å². The van der Waals surface area contributed by atoms with E-state index < -0.39 is 0 Å². The molecule has 0 saturated carbocycles. The highest BCUT2D eigenvalue weighted by atomic mass is 16.1. The number of likely N-dealkylation sites (N-methyl/N-ethyl adjacent to an activating group) is 1. The molecule has 0 aromatic heterocycles. The highest BCUT2D eigenvalue weighted by molar-refractivity contribution is 5.79. The second-order valence-corrected chi connectivity index (χ2v) is 4.28. The topological polar surface area (TPSA) is 23.6 Å². The third-order valence-corrected chi connectivity index (χ3v) is 3.24. The first kappa shape index (κ1) is 9.16. The summed E-state index contributed by atoms with van der Waals surface area (Å²) in [5.74, 6) is 0.447. The van der Waals surface area contributed by atoms with Crippen LogP contribution in [-0.2, 0) is 4.79 Å². The van der Waals surface area contributed by atoms with Crippen LogP contribution < -0.4 is 0 Å². The molecule has 0 bridgehead atoms. The van der Waals surface area contributed by atoms with Crippen molar-refractivity contribution < 1.29 is 4.79 Å². The first-order valence-electron chi connectivity index (χ1n) is 5.20. The van der Waals surface area contributed by atoms with Crippen molar-refractivity contribution in [3.05, 3.63) is 0 Å². The molecule has 2 saturated heterocycles. The van der Waals surface area contributed by atoms with Gasteiger partial charge in [-0.3, -0.25) is 9.69 Å². The Bertz CT molecular complexity index is 195. The number of hydrogen-bond donors (Lipinski definition) is 0. The van der Waals surface area contributed by atoms with E-state index in [0.717, 1.165) is 32.0 Å². The molecule has 3 heteroatoms. The van der Waals surface area contributed by atoms with Crippen LogP contribution in [0.3, 0.4) is 0 Å². The minimum absolute atomic E-state index is 0.447. The van der Waals surface area contributed by atoms with Gasteiger partial charge in [-0.1, -0.05) is 0 Å². The van der Waals surface area contributed by atoms with Crippen LogP contribution in [0.5, 0.6) is 0 Å². The van der Waals surface area contributed by atoms with Crippen LogP contribution in [0.15, 0.2) is 0 Å². The van der Waals surface area contributed by atoms with Crippen molar-refractivity contribution in [2.45, 2.75) is 25.3 Å². The summed E-state index contributed by atoms with van der Waals surface area (Å²) < 4.78 is 0. The average Bonchev–Trinajstić information content (AvgIpc) is 2.53. The maximum atomic E-state index is 11.1. The Balaban J connectivity index is 1.84. The lowest BCUT2D eigenvalue weighted by Crippen LogP contribution is -2.42. The Morgan fingerprint density at radius 2 is 1.92 bits per heavy atom. The Morgan fingerprint density at radius 3 is 2.46 bits per heavy atom. The summed E-state index contributed by atoms with van der Waals surface area (Å²) in [5, 5.41) is 0. The Hall–Kier alpha value is -0.410. The number of Topliss-reactive ketones (excluding diaryl/α,β-unsaturated/α-hetero) is 1. The Labute approximate surface area is 79.7 Å². The maximum Gasteiger partial charge on any atom is 0.135 e. The molecule has 1 atom stereocenters. The second-order valence-electron chi connectivity index (χ2n) is 4.28. The molecule has 2 aliphatic rings. The third kappa shape index (κ3) is 2.09. The standard InChI is InChI=1S/C10H18N2O/c1-11-5-2-9(8-11)12-6-3-10(13)4-7-12/h9H,2-8H2,1H3.